The smallest absolute Gasteiger partial charge is 0.208 e. The first-order valence-electron chi connectivity index (χ1n) is 5.16. The van der Waals surface area contributed by atoms with Crippen molar-refractivity contribution in [2.24, 2.45) is 4.99 Å². The molecule has 1 aromatic rings. The van der Waals surface area contributed by atoms with Gasteiger partial charge in [-0.1, -0.05) is 23.5 Å². The summed E-state index contributed by atoms with van der Waals surface area (Å²) in [5.74, 6) is 1.05. The van der Waals surface area contributed by atoms with Gasteiger partial charge in [-0.15, -0.1) is 16.3 Å². The van der Waals surface area contributed by atoms with Gasteiger partial charge in [0.2, 0.25) is 6.19 Å². The number of thioether (sulfide) groups is 2. The van der Waals surface area contributed by atoms with Gasteiger partial charge < -0.3 is 4.90 Å². The van der Waals surface area contributed by atoms with Gasteiger partial charge in [-0.25, -0.2) is 4.98 Å². The van der Waals surface area contributed by atoms with Gasteiger partial charge in [0.15, 0.2) is 5.17 Å². The van der Waals surface area contributed by atoms with Crippen LogP contribution in [-0.2, 0) is 6.54 Å². The fraction of sp³-hybridized carbons (Fsp3) is 0.500. The number of hydrogen-bond acceptors (Lipinski definition) is 6. The zero-order valence-electron chi connectivity index (χ0n) is 9.42. The van der Waals surface area contributed by atoms with E-state index < -0.39 is 0 Å². The van der Waals surface area contributed by atoms with E-state index >= 15 is 0 Å². The summed E-state index contributed by atoms with van der Waals surface area (Å²) < 4.78 is 1.09. The Bertz CT molecular complexity index is 449. The van der Waals surface area contributed by atoms with E-state index in [2.05, 4.69) is 14.9 Å². The number of amidine groups is 1. The molecular formula is C10H12N4S3. The van der Waals surface area contributed by atoms with Crippen molar-refractivity contribution in [2.75, 3.05) is 18.6 Å². The molecule has 0 saturated carbocycles. The van der Waals surface area contributed by atoms with Crippen LogP contribution in [0.3, 0.4) is 0 Å². The van der Waals surface area contributed by atoms with Crippen LogP contribution < -0.4 is 0 Å². The molecule has 1 aliphatic heterocycles. The van der Waals surface area contributed by atoms with Gasteiger partial charge in [-0.2, -0.15) is 5.26 Å². The molecule has 0 N–H and O–H groups in total. The molecular weight excluding hydrogens is 272 g/mol. The number of rotatable bonds is 3. The second kappa shape index (κ2) is 6.28. The molecule has 90 valence electrons. The van der Waals surface area contributed by atoms with Crippen molar-refractivity contribution in [2.45, 2.75) is 17.3 Å². The predicted octanol–water partition coefficient (Wildman–Crippen LogP) is 2.64. The third-order valence-electron chi connectivity index (χ3n) is 2.27. The molecule has 2 heterocycles. The third-order valence-corrected chi connectivity index (χ3v) is 5.36. The summed E-state index contributed by atoms with van der Waals surface area (Å²) in [7, 11) is 0. The molecule has 0 bridgehead atoms. The monoisotopic (exact) mass is 284 g/mol. The maximum Gasteiger partial charge on any atom is 0.208 e. The first-order chi connectivity index (χ1) is 8.33. The van der Waals surface area contributed by atoms with Gasteiger partial charge in [0.1, 0.15) is 4.34 Å². The molecule has 0 aliphatic carbocycles. The second-order valence-corrected chi connectivity index (χ2v) is 6.65. The minimum Gasteiger partial charge on any atom is -0.345 e. The Morgan fingerprint density at radius 3 is 3.29 bits per heavy atom. The number of nitriles is 1. The van der Waals surface area contributed by atoms with Gasteiger partial charge in [-0.05, 0) is 12.7 Å². The zero-order valence-corrected chi connectivity index (χ0v) is 11.9. The normalized spacial score (nSPS) is 18.4. The highest BCUT2D eigenvalue weighted by atomic mass is 32.2. The lowest BCUT2D eigenvalue weighted by molar-refractivity contribution is 0.419. The Labute approximate surface area is 113 Å². The molecule has 0 spiro atoms. The summed E-state index contributed by atoms with van der Waals surface area (Å²) >= 11 is 5.03. The lowest BCUT2D eigenvalue weighted by Gasteiger charge is -2.28. The Hall–Kier alpha value is -0.710. The molecule has 1 aliphatic rings. The standard InChI is InChI=1S/C10H12N4S3/c1-15-10-12-5-8(17-10)6-14-3-2-4-16-9(14)13-7-11/h5H,2-4,6H2,1H3. The van der Waals surface area contributed by atoms with Crippen LogP contribution in [0.2, 0.25) is 0 Å². The quantitative estimate of drug-likeness (QED) is 0.631. The van der Waals surface area contributed by atoms with Crippen LogP contribution in [0.25, 0.3) is 0 Å². The van der Waals surface area contributed by atoms with Crippen molar-refractivity contribution in [1.82, 2.24) is 9.88 Å². The van der Waals surface area contributed by atoms with E-state index in [0.717, 1.165) is 34.8 Å². The molecule has 1 fully saturated rings. The van der Waals surface area contributed by atoms with Crippen LogP contribution in [0.5, 0.6) is 0 Å². The van der Waals surface area contributed by atoms with Crippen LogP contribution >= 0.6 is 34.9 Å². The van der Waals surface area contributed by atoms with E-state index in [1.54, 1.807) is 34.9 Å². The summed E-state index contributed by atoms with van der Waals surface area (Å²) in [6, 6.07) is 0. The number of nitrogens with zero attached hydrogens (tertiary/aromatic N) is 4. The predicted molar refractivity (Wildman–Crippen MR) is 74.4 cm³/mol. The van der Waals surface area contributed by atoms with Gasteiger partial charge in [-0.3, -0.25) is 0 Å². The maximum absolute atomic E-state index is 8.65. The topological polar surface area (TPSA) is 52.3 Å². The highest BCUT2D eigenvalue weighted by Crippen LogP contribution is 2.25. The Morgan fingerprint density at radius 1 is 1.71 bits per heavy atom. The van der Waals surface area contributed by atoms with E-state index in [-0.39, 0.29) is 0 Å². The molecule has 1 aromatic heterocycles. The molecule has 1 saturated heterocycles. The SMILES string of the molecule is CSc1ncc(CN2CCCSC2=NC#N)s1. The summed E-state index contributed by atoms with van der Waals surface area (Å²) in [4.78, 5) is 11.6. The largest absolute Gasteiger partial charge is 0.345 e. The fourth-order valence-electron chi connectivity index (χ4n) is 1.54. The van der Waals surface area contributed by atoms with Crippen molar-refractivity contribution < 1.29 is 0 Å². The molecule has 2 rings (SSSR count). The van der Waals surface area contributed by atoms with E-state index in [1.807, 2.05) is 18.6 Å². The number of thiazole rings is 1. The lowest BCUT2D eigenvalue weighted by Crippen LogP contribution is -2.33. The molecule has 0 amide bonds. The number of aromatic nitrogens is 1. The lowest BCUT2D eigenvalue weighted by atomic mass is 10.4. The third kappa shape index (κ3) is 3.37. The van der Waals surface area contributed by atoms with Crippen LogP contribution in [0.15, 0.2) is 15.5 Å². The maximum atomic E-state index is 8.65. The highest BCUT2D eigenvalue weighted by molar-refractivity contribution is 8.13. The van der Waals surface area contributed by atoms with Gasteiger partial charge in [0.25, 0.3) is 0 Å². The first kappa shape index (κ1) is 12.7. The Kier molecular flexibility index (Phi) is 4.71. The first-order valence-corrected chi connectivity index (χ1v) is 8.19. The summed E-state index contributed by atoms with van der Waals surface area (Å²) in [5, 5.41) is 9.50. The van der Waals surface area contributed by atoms with Gasteiger partial charge in [0.05, 0.1) is 6.54 Å². The van der Waals surface area contributed by atoms with Crippen molar-refractivity contribution in [3.05, 3.63) is 11.1 Å². The molecule has 17 heavy (non-hydrogen) atoms. The molecule has 7 heteroatoms. The van der Waals surface area contributed by atoms with Crippen LogP contribution in [0.4, 0.5) is 0 Å². The molecule has 0 unspecified atom stereocenters. The van der Waals surface area contributed by atoms with Crippen LogP contribution in [-0.4, -0.2) is 33.6 Å². The molecule has 0 aromatic carbocycles. The second-order valence-electron chi connectivity index (χ2n) is 3.41. The average Bonchev–Trinajstić information content (AvgIpc) is 2.80. The van der Waals surface area contributed by atoms with E-state index in [4.69, 9.17) is 5.26 Å². The molecule has 0 radical (unpaired) electrons. The van der Waals surface area contributed by atoms with Crippen LogP contribution in [0.1, 0.15) is 11.3 Å². The Balaban J connectivity index is 2.05. The van der Waals surface area contributed by atoms with E-state index in [0.29, 0.717) is 0 Å². The van der Waals surface area contributed by atoms with E-state index in [9.17, 15) is 0 Å². The average molecular weight is 284 g/mol. The van der Waals surface area contributed by atoms with Crippen molar-refractivity contribution >= 4 is 40.0 Å². The fourth-order valence-corrected chi connectivity index (χ4v) is 3.91. The summed E-state index contributed by atoms with van der Waals surface area (Å²) in [6.07, 6.45) is 6.97. The minimum atomic E-state index is 0.811. The van der Waals surface area contributed by atoms with Crippen molar-refractivity contribution in [3.63, 3.8) is 0 Å². The molecule has 4 nitrogen and oxygen atoms in total. The Morgan fingerprint density at radius 2 is 2.59 bits per heavy atom. The van der Waals surface area contributed by atoms with Crippen molar-refractivity contribution in [3.8, 4) is 6.19 Å². The highest BCUT2D eigenvalue weighted by Gasteiger charge is 2.18. The summed E-state index contributed by atoms with van der Waals surface area (Å²) in [6.45, 7) is 1.78. The summed E-state index contributed by atoms with van der Waals surface area (Å²) in [5.41, 5.74) is 0. The van der Waals surface area contributed by atoms with Crippen LogP contribution in [0, 0.1) is 11.5 Å². The van der Waals surface area contributed by atoms with Gasteiger partial charge >= 0.3 is 0 Å². The molecule has 0 atom stereocenters. The number of hydrogen-bond donors (Lipinski definition) is 0. The van der Waals surface area contributed by atoms with Crippen molar-refractivity contribution in [1.29, 1.82) is 5.26 Å². The van der Waals surface area contributed by atoms with E-state index in [1.165, 1.54) is 4.88 Å². The minimum absolute atomic E-state index is 0.811. The number of aliphatic imine (C=N–C) groups is 1. The zero-order chi connectivity index (χ0) is 12.1. The van der Waals surface area contributed by atoms with Gasteiger partial charge in [0, 0.05) is 23.4 Å².